The minimum atomic E-state index is 0.296. The summed E-state index contributed by atoms with van der Waals surface area (Å²) in [5.74, 6) is 1.56. The Morgan fingerprint density at radius 3 is 2.83 bits per heavy atom. The van der Waals surface area contributed by atoms with Crippen molar-refractivity contribution in [2.75, 3.05) is 19.6 Å². The zero-order chi connectivity index (χ0) is 13.1. The number of rotatable bonds is 3. The quantitative estimate of drug-likeness (QED) is 0.933. The predicted octanol–water partition coefficient (Wildman–Crippen LogP) is 2.82. The number of pyridine rings is 1. The van der Waals surface area contributed by atoms with Gasteiger partial charge in [-0.05, 0) is 52.4 Å². The van der Waals surface area contributed by atoms with Crippen LogP contribution in [0, 0.1) is 11.8 Å². The van der Waals surface area contributed by atoms with E-state index in [2.05, 4.69) is 45.7 Å². The smallest absolute Gasteiger partial charge is 0.0486 e. The van der Waals surface area contributed by atoms with Crippen molar-refractivity contribution in [1.29, 1.82) is 0 Å². The summed E-state index contributed by atoms with van der Waals surface area (Å²) in [5.41, 5.74) is 7.20. The Bertz CT molecular complexity index is 396. The molecule has 1 aliphatic heterocycles. The predicted molar refractivity (Wildman–Crippen MR) is 78.3 cm³/mol. The van der Waals surface area contributed by atoms with Crippen LogP contribution in [0.1, 0.15) is 31.9 Å². The zero-order valence-corrected chi connectivity index (χ0v) is 12.7. The van der Waals surface area contributed by atoms with Gasteiger partial charge in [-0.3, -0.25) is 9.88 Å². The Morgan fingerprint density at radius 2 is 2.22 bits per heavy atom. The van der Waals surface area contributed by atoms with Gasteiger partial charge in [-0.25, -0.2) is 0 Å². The fraction of sp³-hybridized carbons (Fsp3) is 0.643. The van der Waals surface area contributed by atoms with E-state index in [0.29, 0.717) is 12.6 Å². The summed E-state index contributed by atoms with van der Waals surface area (Å²) in [7, 11) is 0. The van der Waals surface area contributed by atoms with Gasteiger partial charge in [0.1, 0.15) is 0 Å². The van der Waals surface area contributed by atoms with E-state index in [0.717, 1.165) is 29.4 Å². The van der Waals surface area contributed by atoms with Crippen molar-refractivity contribution >= 4 is 15.9 Å². The van der Waals surface area contributed by atoms with Crippen LogP contribution in [0.15, 0.2) is 22.9 Å². The molecule has 1 fully saturated rings. The molecule has 4 heteroatoms. The van der Waals surface area contributed by atoms with E-state index in [1.54, 1.807) is 0 Å². The summed E-state index contributed by atoms with van der Waals surface area (Å²) in [6, 6.07) is 2.43. The van der Waals surface area contributed by atoms with Gasteiger partial charge in [0.25, 0.3) is 0 Å². The molecule has 2 rings (SSSR count). The molecule has 1 aromatic rings. The lowest BCUT2D eigenvalue weighted by Crippen LogP contribution is -2.43. The SMILES string of the molecule is CC1CCN(C(CN)c2cncc(Br)c2)CC1C. The fourth-order valence-electron chi connectivity index (χ4n) is 2.68. The van der Waals surface area contributed by atoms with Crippen LogP contribution in [0.25, 0.3) is 0 Å². The highest BCUT2D eigenvalue weighted by molar-refractivity contribution is 9.10. The molecule has 1 saturated heterocycles. The molecule has 2 N–H and O–H groups in total. The van der Waals surface area contributed by atoms with Crippen molar-refractivity contribution in [1.82, 2.24) is 9.88 Å². The van der Waals surface area contributed by atoms with E-state index in [1.807, 2.05) is 12.4 Å². The molecule has 18 heavy (non-hydrogen) atoms. The first kappa shape index (κ1) is 14.0. The third-order valence-electron chi connectivity index (χ3n) is 4.14. The standard InChI is InChI=1S/C14H22BrN3/c1-10-3-4-18(9-11(10)2)14(6-16)12-5-13(15)8-17-7-12/h5,7-8,10-11,14H,3-4,6,9,16H2,1-2H3. The third kappa shape index (κ3) is 3.11. The Labute approximate surface area is 118 Å². The lowest BCUT2D eigenvalue weighted by molar-refractivity contribution is 0.0981. The van der Waals surface area contributed by atoms with E-state index in [-0.39, 0.29) is 0 Å². The topological polar surface area (TPSA) is 42.1 Å². The van der Waals surface area contributed by atoms with Gasteiger partial charge >= 0.3 is 0 Å². The largest absolute Gasteiger partial charge is 0.329 e. The molecular formula is C14H22BrN3. The van der Waals surface area contributed by atoms with E-state index in [4.69, 9.17) is 5.73 Å². The normalized spacial score (nSPS) is 27.1. The first-order chi connectivity index (χ1) is 8.61. The van der Waals surface area contributed by atoms with Crippen LogP contribution in [0.3, 0.4) is 0 Å². The molecule has 3 nitrogen and oxygen atoms in total. The van der Waals surface area contributed by atoms with Gasteiger partial charge in [-0.1, -0.05) is 13.8 Å². The van der Waals surface area contributed by atoms with Crippen molar-refractivity contribution in [3.63, 3.8) is 0 Å². The molecule has 0 spiro atoms. The molecule has 3 unspecified atom stereocenters. The number of hydrogen-bond acceptors (Lipinski definition) is 3. The summed E-state index contributed by atoms with van der Waals surface area (Å²) in [6.45, 7) is 7.61. The number of aromatic nitrogens is 1. The van der Waals surface area contributed by atoms with E-state index < -0.39 is 0 Å². The molecule has 3 atom stereocenters. The summed E-state index contributed by atoms with van der Waals surface area (Å²) in [4.78, 5) is 6.76. The van der Waals surface area contributed by atoms with Crippen LogP contribution in [0.4, 0.5) is 0 Å². The molecule has 100 valence electrons. The molecule has 0 saturated carbocycles. The molecule has 1 aromatic heterocycles. The third-order valence-corrected chi connectivity index (χ3v) is 4.57. The maximum Gasteiger partial charge on any atom is 0.0486 e. The maximum atomic E-state index is 5.98. The average molecular weight is 312 g/mol. The first-order valence-electron chi connectivity index (χ1n) is 6.66. The fourth-order valence-corrected chi connectivity index (χ4v) is 3.07. The van der Waals surface area contributed by atoms with Crippen LogP contribution in [0.2, 0.25) is 0 Å². The molecular weight excluding hydrogens is 290 g/mol. The maximum absolute atomic E-state index is 5.98. The van der Waals surface area contributed by atoms with Crippen LogP contribution in [0.5, 0.6) is 0 Å². The highest BCUT2D eigenvalue weighted by atomic mass is 79.9. The first-order valence-corrected chi connectivity index (χ1v) is 7.45. The summed E-state index contributed by atoms with van der Waals surface area (Å²) in [5, 5.41) is 0. The molecule has 0 aromatic carbocycles. The van der Waals surface area contributed by atoms with E-state index in [9.17, 15) is 0 Å². The number of likely N-dealkylation sites (tertiary alicyclic amines) is 1. The van der Waals surface area contributed by atoms with E-state index >= 15 is 0 Å². The van der Waals surface area contributed by atoms with Gasteiger partial charge in [-0.15, -0.1) is 0 Å². The molecule has 0 amide bonds. The molecule has 0 aliphatic carbocycles. The van der Waals surface area contributed by atoms with Crippen LogP contribution in [-0.4, -0.2) is 29.5 Å². The number of halogens is 1. The number of nitrogens with zero attached hydrogens (tertiary/aromatic N) is 2. The Kier molecular flexibility index (Phi) is 4.76. The van der Waals surface area contributed by atoms with Crippen molar-refractivity contribution in [3.05, 3.63) is 28.5 Å². The molecule has 1 aliphatic rings. The summed E-state index contributed by atoms with van der Waals surface area (Å²) < 4.78 is 1.02. The Hall–Kier alpha value is -0.450. The van der Waals surface area contributed by atoms with Gasteiger partial charge in [-0.2, -0.15) is 0 Å². The Balaban J connectivity index is 2.14. The molecule has 0 bridgehead atoms. The highest BCUT2D eigenvalue weighted by Gasteiger charge is 2.28. The number of nitrogens with two attached hydrogens (primary N) is 1. The Morgan fingerprint density at radius 1 is 1.44 bits per heavy atom. The van der Waals surface area contributed by atoms with Crippen molar-refractivity contribution < 1.29 is 0 Å². The van der Waals surface area contributed by atoms with Crippen LogP contribution < -0.4 is 5.73 Å². The lowest BCUT2D eigenvalue weighted by atomic mass is 9.87. The molecule has 2 heterocycles. The number of piperidine rings is 1. The zero-order valence-electron chi connectivity index (χ0n) is 11.1. The second-order valence-corrected chi connectivity index (χ2v) is 6.34. The summed E-state index contributed by atoms with van der Waals surface area (Å²) >= 11 is 3.48. The second-order valence-electron chi connectivity index (χ2n) is 5.43. The minimum Gasteiger partial charge on any atom is -0.329 e. The second kappa shape index (κ2) is 6.13. The van der Waals surface area contributed by atoms with Gasteiger partial charge in [0.2, 0.25) is 0 Å². The summed E-state index contributed by atoms with van der Waals surface area (Å²) in [6.07, 6.45) is 5.02. The average Bonchev–Trinajstić information content (AvgIpc) is 2.35. The van der Waals surface area contributed by atoms with Gasteiger partial charge < -0.3 is 5.73 Å². The highest BCUT2D eigenvalue weighted by Crippen LogP contribution is 2.29. The van der Waals surface area contributed by atoms with Gasteiger partial charge in [0.05, 0.1) is 0 Å². The monoisotopic (exact) mass is 311 g/mol. The van der Waals surface area contributed by atoms with E-state index in [1.165, 1.54) is 12.0 Å². The van der Waals surface area contributed by atoms with Gasteiger partial charge in [0, 0.05) is 36.0 Å². The van der Waals surface area contributed by atoms with Crippen LogP contribution >= 0.6 is 15.9 Å². The van der Waals surface area contributed by atoms with Crippen LogP contribution in [-0.2, 0) is 0 Å². The number of hydrogen-bond donors (Lipinski definition) is 1. The van der Waals surface area contributed by atoms with Crippen molar-refractivity contribution in [2.24, 2.45) is 17.6 Å². The van der Waals surface area contributed by atoms with Gasteiger partial charge in [0.15, 0.2) is 0 Å². The van der Waals surface area contributed by atoms with Crippen molar-refractivity contribution in [3.8, 4) is 0 Å². The van der Waals surface area contributed by atoms with Crippen molar-refractivity contribution in [2.45, 2.75) is 26.3 Å². The molecule has 0 radical (unpaired) electrons. The lowest BCUT2D eigenvalue weighted by Gasteiger charge is -2.40. The minimum absolute atomic E-state index is 0.296.